The van der Waals surface area contributed by atoms with Crippen LogP contribution in [0.2, 0.25) is 5.02 Å². The van der Waals surface area contributed by atoms with Gasteiger partial charge in [0.05, 0.1) is 6.54 Å². The van der Waals surface area contributed by atoms with Crippen LogP contribution in [0.5, 0.6) is 0 Å². The van der Waals surface area contributed by atoms with Crippen molar-refractivity contribution in [2.75, 3.05) is 6.61 Å². The van der Waals surface area contributed by atoms with Crippen molar-refractivity contribution in [2.45, 2.75) is 56.8 Å². The van der Waals surface area contributed by atoms with Gasteiger partial charge in [-0.2, -0.15) is 0 Å². The van der Waals surface area contributed by atoms with Crippen molar-refractivity contribution in [1.29, 1.82) is 0 Å². The molecule has 0 atom stereocenters. The van der Waals surface area contributed by atoms with Gasteiger partial charge in [0.25, 0.3) is 5.56 Å². The lowest BCUT2D eigenvalue weighted by Crippen LogP contribution is -2.40. The van der Waals surface area contributed by atoms with Crippen LogP contribution < -0.4 is 11.2 Å². The molecule has 0 saturated heterocycles. The molecule has 1 saturated carbocycles. The van der Waals surface area contributed by atoms with Crippen LogP contribution in [0, 0.1) is 5.82 Å². The Hall–Kier alpha value is -2.66. The number of imidazole rings is 1. The van der Waals surface area contributed by atoms with E-state index in [0.29, 0.717) is 5.56 Å². The highest BCUT2D eigenvalue weighted by Crippen LogP contribution is 2.46. The van der Waals surface area contributed by atoms with Crippen LogP contribution in [0.3, 0.4) is 0 Å². The minimum absolute atomic E-state index is 0.0290. The lowest BCUT2D eigenvalue weighted by Gasteiger charge is -2.33. The topological polar surface area (TPSA) is 82.0 Å². The molecule has 7 nitrogen and oxygen atoms in total. The number of hydrogen-bond donors (Lipinski definition) is 1. The van der Waals surface area contributed by atoms with E-state index >= 15 is 4.39 Å². The first kappa shape index (κ1) is 24.5. The molecule has 0 radical (unpaired) electrons. The summed E-state index contributed by atoms with van der Waals surface area (Å²) in [5, 5.41) is 9.18. The summed E-state index contributed by atoms with van der Waals surface area (Å²) in [7, 11) is 1.37. The van der Waals surface area contributed by atoms with Gasteiger partial charge in [0.2, 0.25) is 5.92 Å². The Kier molecular flexibility index (Phi) is 6.36. The molecule has 0 unspecified atom stereocenters. The highest BCUT2D eigenvalue weighted by Gasteiger charge is 2.48. The lowest BCUT2D eigenvalue weighted by molar-refractivity contribution is -0.0803. The molecule has 0 spiro atoms. The Balaban J connectivity index is 1.98. The maximum atomic E-state index is 16.1. The smallest absolute Gasteiger partial charge is 0.332 e. The van der Waals surface area contributed by atoms with E-state index in [9.17, 15) is 22.8 Å². The van der Waals surface area contributed by atoms with Gasteiger partial charge in [-0.25, -0.2) is 27.3 Å². The fourth-order valence-corrected chi connectivity index (χ4v) is 4.58. The maximum Gasteiger partial charge on any atom is 0.332 e. The van der Waals surface area contributed by atoms with Crippen molar-refractivity contribution in [1.82, 2.24) is 18.7 Å². The summed E-state index contributed by atoms with van der Waals surface area (Å²) in [6.07, 6.45) is -2.29. The van der Waals surface area contributed by atoms with E-state index in [2.05, 4.69) is 4.98 Å². The van der Waals surface area contributed by atoms with Crippen molar-refractivity contribution in [3.8, 4) is 0 Å². The largest absolute Gasteiger partial charge is 0.396 e. The molecule has 1 fully saturated rings. The average Bonchev–Trinajstić information content (AvgIpc) is 3.17. The molecule has 1 N–H and O–H groups in total. The zero-order valence-electron chi connectivity index (χ0n) is 18.3. The van der Waals surface area contributed by atoms with Crippen LogP contribution in [-0.2, 0) is 25.8 Å². The second-order valence-corrected chi connectivity index (χ2v) is 9.03. The Morgan fingerprint density at radius 2 is 1.79 bits per heavy atom. The van der Waals surface area contributed by atoms with Gasteiger partial charge < -0.3 is 9.67 Å². The Bertz CT molecular complexity index is 1350. The first-order valence-electron chi connectivity index (χ1n) is 10.8. The monoisotopic (exact) mass is 502 g/mol. The number of alkyl halides is 3. The average molecular weight is 503 g/mol. The Morgan fingerprint density at radius 1 is 1.12 bits per heavy atom. The molecule has 1 aliphatic rings. The van der Waals surface area contributed by atoms with Crippen LogP contribution in [-0.4, -0.2) is 36.3 Å². The van der Waals surface area contributed by atoms with Gasteiger partial charge in [-0.05, 0) is 37.0 Å². The van der Waals surface area contributed by atoms with Crippen LogP contribution in [0.1, 0.15) is 43.5 Å². The van der Waals surface area contributed by atoms with Crippen molar-refractivity contribution in [2.24, 2.45) is 7.05 Å². The van der Waals surface area contributed by atoms with E-state index in [-0.39, 0.29) is 48.1 Å². The van der Waals surface area contributed by atoms with Gasteiger partial charge in [-0.1, -0.05) is 17.7 Å². The molecular formula is C22H23ClF4N4O3. The van der Waals surface area contributed by atoms with Crippen LogP contribution in [0.4, 0.5) is 17.6 Å². The van der Waals surface area contributed by atoms with E-state index in [1.165, 1.54) is 17.7 Å². The molecule has 2 aromatic heterocycles. The van der Waals surface area contributed by atoms with E-state index < -0.39 is 54.3 Å². The summed E-state index contributed by atoms with van der Waals surface area (Å²) in [4.78, 5) is 30.4. The molecule has 34 heavy (non-hydrogen) atoms. The number of rotatable bonds is 6. The minimum Gasteiger partial charge on any atom is -0.396 e. The third-order valence-corrected chi connectivity index (χ3v) is 6.64. The van der Waals surface area contributed by atoms with Gasteiger partial charge in [0.15, 0.2) is 16.8 Å². The number of aromatic nitrogens is 4. The van der Waals surface area contributed by atoms with Crippen LogP contribution >= 0.6 is 11.6 Å². The maximum absolute atomic E-state index is 16.1. The van der Waals surface area contributed by atoms with Crippen LogP contribution in [0.15, 0.2) is 27.8 Å². The minimum atomic E-state index is -3.00. The number of fused-ring (bicyclic) bond motifs is 1. The summed E-state index contributed by atoms with van der Waals surface area (Å²) < 4.78 is 60.5. The number of aliphatic hydroxyl groups is 1. The highest BCUT2D eigenvalue weighted by molar-refractivity contribution is 6.31. The molecular weight excluding hydrogens is 480 g/mol. The number of benzene rings is 1. The number of hydrogen-bond acceptors (Lipinski definition) is 4. The van der Waals surface area contributed by atoms with Gasteiger partial charge in [-0.3, -0.25) is 13.9 Å². The first-order valence-corrected chi connectivity index (χ1v) is 11.2. The zero-order valence-corrected chi connectivity index (χ0v) is 19.1. The number of nitrogens with zero attached hydrogens (tertiary/aromatic N) is 4. The zero-order chi connectivity index (χ0) is 24.8. The van der Waals surface area contributed by atoms with E-state index in [1.54, 1.807) is 0 Å². The molecule has 4 rings (SSSR count). The van der Waals surface area contributed by atoms with Gasteiger partial charge in [-0.15, -0.1) is 0 Å². The van der Waals surface area contributed by atoms with Gasteiger partial charge in [0, 0.05) is 38.1 Å². The first-order chi connectivity index (χ1) is 16.0. The molecule has 2 heterocycles. The predicted octanol–water partition coefficient (Wildman–Crippen LogP) is 3.49. The summed E-state index contributed by atoms with van der Waals surface area (Å²) in [5.41, 5.74) is -3.59. The Morgan fingerprint density at radius 3 is 2.41 bits per heavy atom. The van der Waals surface area contributed by atoms with Crippen LogP contribution in [0.25, 0.3) is 11.2 Å². The standard InChI is InChI=1S/C22H23ClF4N4O3/c1-29-17-16(18(33)30(20(29)34)9-2-10-32)31(12-13-3-4-14(24)11-15(13)23)19(28-17)21(25)5-7-22(26,27)8-6-21/h3-4,11,32H,2,5-10,12H2,1H3. The molecule has 0 aliphatic heterocycles. The van der Waals surface area contributed by atoms with Gasteiger partial charge >= 0.3 is 5.69 Å². The van der Waals surface area contributed by atoms with Crippen molar-refractivity contribution in [3.63, 3.8) is 0 Å². The van der Waals surface area contributed by atoms with E-state index in [0.717, 1.165) is 21.3 Å². The SMILES string of the molecule is Cn1c(=O)n(CCCO)c(=O)c2c1nc(C1(F)CCC(F)(F)CC1)n2Cc1ccc(F)cc1Cl. The summed E-state index contributed by atoms with van der Waals surface area (Å²) >= 11 is 6.17. The lowest BCUT2D eigenvalue weighted by atomic mass is 9.83. The number of aryl methyl sites for hydroxylation is 1. The molecule has 0 amide bonds. The molecule has 12 heteroatoms. The molecule has 1 aliphatic carbocycles. The molecule has 1 aromatic carbocycles. The second-order valence-electron chi connectivity index (χ2n) is 8.63. The summed E-state index contributed by atoms with van der Waals surface area (Å²) in [6.45, 7) is -0.533. The molecule has 3 aromatic rings. The predicted molar refractivity (Wildman–Crippen MR) is 118 cm³/mol. The second kappa shape index (κ2) is 8.84. The fraction of sp³-hybridized carbons (Fsp3) is 0.500. The highest BCUT2D eigenvalue weighted by atomic mass is 35.5. The third kappa shape index (κ3) is 4.26. The molecule has 0 bridgehead atoms. The normalized spacial score (nSPS) is 17.4. The third-order valence-electron chi connectivity index (χ3n) is 6.29. The summed E-state index contributed by atoms with van der Waals surface area (Å²) in [6, 6.07) is 3.60. The quantitative estimate of drug-likeness (QED) is 0.523. The molecule has 184 valence electrons. The number of aliphatic hydroxyl groups excluding tert-OH is 1. The van der Waals surface area contributed by atoms with E-state index in [4.69, 9.17) is 16.7 Å². The van der Waals surface area contributed by atoms with Crippen molar-refractivity contribution < 1.29 is 22.7 Å². The van der Waals surface area contributed by atoms with E-state index in [1.807, 2.05) is 0 Å². The van der Waals surface area contributed by atoms with Crippen molar-refractivity contribution in [3.05, 3.63) is 61.3 Å². The number of halogens is 5. The fourth-order valence-electron chi connectivity index (χ4n) is 4.35. The van der Waals surface area contributed by atoms with Crippen molar-refractivity contribution >= 4 is 22.8 Å². The van der Waals surface area contributed by atoms with Gasteiger partial charge in [0.1, 0.15) is 11.6 Å². The summed E-state index contributed by atoms with van der Waals surface area (Å²) in [5.74, 6) is -3.85. The Labute approximate surface area is 196 Å².